The molecule has 0 spiro atoms. The molecule has 0 bridgehead atoms. The van der Waals surface area contributed by atoms with E-state index in [9.17, 15) is 4.79 Å². The summed E-state index contributed by atoms with van der Waals surface area (Å²) in [5.41, 5.74) is 0.895. The van der Waals surface area contributed by atoms with Crippen LogP contribution in [0.5, 0.6) is 0 Å². The Balaban J connectivity index is 2.07. The van der Waals surface area contributed by atoms with E-state index in [1.165, 1.54) is 0 Å². The fourth-order valence-electron chi connectivity index (χ4n) is 1.29. The van der Waals surface area contributed by atoms with Gasteiger partial charge in [-0.25, -0.2) is 0 Å². The summed E-state index contributed by atoms with van der Waals surface area (Å²) in [5.74, 6) is 0.0428. The van der Waals surface area contributed by atoms with E-state index < -0.39 is 5.97 Å². The van der Waals surface area contributed by atoms with Crippen LogP contribution in [0.2, 0.25) is 0 Å². The summed E-state index contributed by atoms with van der Waals surface area (Å²) in [4.78, 5) is 10.3. The second-order valence-corrected chi connectivity index (χ2v) is 3.69. The number of anilines is 1. The highest BCUT2D eigenvalue weighted by Crippen LogP contribution is 2.03. The Morgan fingerprint density at radius 1 is 1.31 bits per heavy atom. The highest BCUT2D eigenvalue weighted by Gasteiger charge is 1.97. The van der Waals surface area contributed by atoms with E-state index in [0.29, 0.717) is 0 Å². The van der Waals surface area contributed by atoms with Crippen molar-refractivity contribution in [1.82, 2.24) is 10.2 Å². The number of hydrogen-bond donors (Lipinski definition) is 2. The molecule has 0 fully saturated rings. The number of carbonyl (C=O) groups is 1. The fourth-order valence-corrected chi connectivity index (χ4v) is 1.29. The van der Waals surface area contributed by atoms with Gasteiger partial charge in [0.15, 0.2) is 0 Å². The minimum absolute atomic E-state index is 0.254. The van der Waals surface area contributed by atoms with E-state index in [4.69, 9.17) is 5.11 Å². The number of nitrogens with zero attached hydrogens (tertiary/aromatic N) is 2. The zero-order chi connectivity index (χ0) is 11.8. The Morgan fingerprint density at radius 2 is 2.12 bits per heavy atom. The maximum absolute atomic E-state index is 10.3. The SMILES string of the molecule is Cc1ccc(NCCCCCC(=O)O)nn1. The van der Waals surface area contributed by atoms with Gasteiger partial charge in [-0.2, -0.15) is 5.10 Å². The van der Waals surface area contributed by atoms with Gasteiger partial charge in [-0.3, -0.25) is 4.79 Å². The lowest BCUT2D eigenvalue weighted by Crippen LogP contribution is -2.04. The molecule has 0 unspecified atom stereocenters. The van der Waals surface area contributed by atoms with Crippen LogP contribution in [-0.2, 0) is 4.79 Å². The molecular formula is C11H17N3O2. The van der Waals surface area contributed by atoms with Crippen molar-refractivity contribution in [2.45, 2.75) is 32.6 Å². The molecule has 0 aliphatic heterocycles. The number of hydrogen-bond acceptors (Lipinski definition) is 4. The van der Waals surface area contributed by atoms with Crippen molar-refractivity contribution in [3.8, 4) is 0 Å². The van der Waals surface area contributed by atoms with Crippen molar-refractivity contribution in [1.29, 1.82) is 0 Å². The predicted molar refractivity (Wildman–Crippen MR) is 61.4 cm³/mol. The third-order valence-corrected chi connectivity index (χ3v) is 2.17. The van der Waals surface area contributed by atoms with E-state index >= 15 is 0 Å². The number of unbranched alkanes of at least 4 members (excludes halogenated alkanes) is 2. The van der Waals surface area contributed by atoms with Gasteiger partial charge in [0.05, 0.1) is 5.69 Å². The van der Waals surface area contributed by atoms with Gasteiger partial charge in [0.1, 0.15) is 5.82 Å². The molecular weight excluding hydrogens is 206 g/mol. The first kappa shape index (κ1) is 12.4. The van der Waals surface area contributed by atoms with E-state index in [2.05, 4.69) is 15.5 Å². The number of aliphatic carboxylic acids is 1. The average Bonchev–Trinajstić information content (AvgIpc) is 2.25. The molecule has 0 aliphatic carbocycles. The van der Waals surface area contributed by atoms with Crippen molar-refractivity contribution < 1.29 is 9.90 Å². The molecule has 1 heterocycles. The normalized spacial score (nSPS) is 10.1. The molecule has 88 valence electrons. The predicted octanol–water partition coefficient (Wildman–Crippen LogP) is 1.84. The maximum Gasteiger partial charge on any atom is 0.303 e. The van der Waals surface area contributed by atoms with Gasteiger partial charge in [0.25, 0.3) is 0 Å². The second-order valence-electron chi connectivity index (χ2n) is 3.69. The third kappa shape index (κ3) is 5.29. The molecule has 0 amide bonds. The van der Waals surface area contributed by atoms with E-state index in [1.807, 2.05) is 19.1 Å². The monoisotopic (exact) mass is 223 g/mol. The molecule has 5 heteroatoms. The number of rotatable bonds is 7. The first-order valence-electron chi connectivity index (χ1n) is 5.44. The van der Waals surface area contributed by atoms with Crippen LogP contribution in [0.3, 0.4) is 0 Å². The molecule has 16 heavy (non-hydrogen) atoms. The summed E-state index contributed by atoms with van der Waals surface area (Å²) in [6, 6.07) is 3.79. The van der Waals surface area contributed by atoms with Gasteiger partial charge in [-0.15, -0.1) is 5.10 Å². The first-order chi connectivity index (χ1) is 7.68. The average molecular weight is 223 g/mol. The van der Waals surface area contributed by atoms with Crippen LogP contribution >= 0.6 is 0 Å². The lowest BCUT2D eigenvalue weighted by Gasteiger charge is -2.04. The highest BCUT2D eigenvalue weighted by atomic mass is 16.4. The highest BCUT2D eigenvalue weighted by molar-refractivity contribution is 5.66. The summed E-state index contributed by atoms with van der Waals surface area (Å²) in [5, 5.41) is 19.5. The van der Waals surface area contributed by atoms with E-state index in [1.54, 1.807) is 0 Å². The Labute approximate surface area is 94.9 Å². The van der Waals surface area contributed by atoms with Gasteiger partial charge in [-0.05, 0) is 31.9 Å². The molecule has 2 N–H and O–H groups in total. The van der Waals surface area contributed by atoms with Gasteiger partial charge < -0.3 is 10.4 Å². The van der Waals surface area contributed by atoms with Gasteiger partial charge in [-0.1, -0.05) is 6.42 Å². The van der Waals surface area contributed by atoms with Gasteiger partial charge in [0.2, 0.25) is 0 Å². The summed E-state index contributed by atoms with van der Waals surface area (Å²) < 4.78 is 0. The number of aromatic nitrogens is 2. The van der Waals surface area contributed by atoms with Crippen LogP contribution in [0.25, 0.3) is 0 Å². The molecule has 0 aliphatic rings. The van der Waals surface area contributed by atoms with E-state index in [0.717, 1.165) is 37.3 Å². The summed E-state index contributed by atoms with van der Waals surface area (Å²) in [7, 11) is 0. The van der Waals surface area contributed by atoms with Crippen LogP contribution in [0.15, 0.2) is 12.1 Å². The van der Waals surface area contributed by atoms with Crippen molar-refractivity contribution in [3.63, 3.8) is 0 Å². The molecule has 1 aromatic heterocycles. The van der Waals surface area contributed by atoms with Crippen LogP contribution in [0.1, 0.15) is 31.4 Å². The molecule has 0 saturated carbocycles. The number of aryl methyl sites for hydroxylation is 1. The minimum atomic E-state index is -0.725. The third-order valence-electron chi connectivity index (χ3n) is 2.17. The lowest BCUT2D eigenvalue weighted by atomic mass is 10.2. The van der Waals surface area contributed by atoms with Gasteiger partial charge in [0, 0.05) is 13.0 Å². The quantitative estimate of drug-likeness (QED) is 0.690. The van der Waals surface area contributed by atoms with Crippen LogP contribution in [0.4, 0.5) is 5.82 Å². The smallest absolute Gasteiger partial charge is 0.303 e. The van der Waals surface area contributed by atoms with Crippen LogP contribution in [0, 0.1) is 6.92 Å². The topological polar surface area (TPSA) is 75.1 Å². The number of carboxylic acid groups (broad SMARTS) is 1. The summed E-state index contributed by atoms with van der Waals surface area (Å²) in [6.07, 6.45) is 2.85. The molecule has 0 atom stereocenters. The van der Waals surface area contributed by atoms with Gasteiger partial charge >= 0.3 is 5.97 Å². The van der Waals surface area contributed by atoms with Crippen molar-refractivity contribution in [2.24, 2.45) is 0 Å². The number of carboxylic acids is 1. The largest absolute Gasteiger partial charge is 0.481 e. The number of nitrogens with one attached hydrogen (secondary N) is 1. The Bertz CT molecular complexity index is 325. The molecule has 1 rings (SSSR count). The minimum Gasteiger partial charge on any atom is -0.481 e. The van der Waals surface area contributed by atoms with Crippen molar-refractivity contribution in [2.75, 3.05) is 11.9 Å². The Morgan fingerprint density at radius 3 is 2.75 bits per heavy atom. The fraction of sp³-hybridized carbons (Fsp3) is 0.545. The van der Waals surface area contributed by atoms with Crippen molar-refractivity contribution >= 4 is 11.8 Å². The standard InChI is InChI=1S/C11H17N3O2/c1-9-6-7-10(14-13-9)12-8-4-2-3-5-11(15)16/h6-7H,2-5,8H2,1H3,(H,12,14)(H,15,16). The molecule has 0 aromatic carbocycles. The zero-order valence-corrected chi connectivity index (χ0v) is 9.44. The Hall–Kier alpha value is -1.65. The molecule has 0 radical (unpaired) electrons. The van der Waals surface area contributed by atoms with E-state index in [-0.39, 0.29) is 6.42 Å². The molecule has 5 nitrogen and oxygen atoms in total. The van der Waals surface area contributed by atoms with Crippen LogP contribution < -0.4 is 5.32 Å². The summed E-state index contributed by atoms with van der Waals surface area (Å²) in [6.45, 7) is 2.69. The molecule has 0 saturated heterocycles. The first-order valence-corrected chi connectivity index (χ1v) is 5.44. The summed E-state index contributed by atoms with van der Waals surface area (Å²) >= 11 is 0. The second kappa shape index (κ2) is 6.76. The Kier molecular flexibility index (Phi) is 5.25. The molecule has 1 aromatic rings. The zero-order valence-electron chi connectivity index (χ0n) is 9.44. The van der Waals surface area contributed by atoms with Crippen LogP contribution in [-0.4, -0.2) is 27.8 Å². The maximum atomic E-state index is 10.3. The van der Waals surface area contributed by atoms with Crippen molar-refractivity contribution in [3.05, 3.63) is 17.8 Å². The lowest BCUT2D eigenvalue weighted by molar-refractivity contribution is -0.137.